The molecule has 0 aliphatic rings. The van der Waals surface area contributed by atoms with E-state index in [4.69, 9.17) is 15.2 Å². The normalized spacial score (nSPS) is 14.9. The van der Waals surface area contributed by atoms with Crippen LogP contribution in [0.15, 0.2) is 0 Å². The molecule has 0 aliphatic carbocycles. The van der Waals surface area contributed by atoms with Crippen LogP contribution in [0.1, 0.15) is 54.4 Å². The Labute approximate surface area is 130 Å². The van der Waals surface area contributed by atoms with E-state index in [9.17, 15) is 18.8 Å². The topological polar surface area (TPSA) is 95.7 Å². The fraction of sp³-hybridized carbons (Fsp3) is 0.800. The molecule has 0 amide bonds. The number of nitrogens with two attached hydrogens (primary N) is 1. The third kappa shape index (κ3) is 9.44. The summed E-state index contributed by atoms with van der Waals surface area (Å²) in [6.45, 7) is 9.85. The highest BCUT2D eigenvalue weighted by Gasteiger charge is 2.33. The molecule has 0 bridgehead atoms. The summed E-state index contributed by atoms with van der Waals surface area (Å²) >= 11 is 0. The minimum atomic E-state index is -2.04. The van der Waals surface area contributed by atoms with E-state index < -0.39 is 54.0 Å². The van der Waals surface area contributed by atoms with E-state index in [0.29, 0.717) is 0 Å². The van der Waals surface area contributed by atoms with E-state index in [0.717, 1.165) is 0 Å². The second-order valence-corrected chi connectivity index (χ2v) is 7.09. The first kappa shape index (κ1) is 20.5. The van der Waals surface area contributed by atoms with Gasteiger partial charge in [-0.1, -0.05) is 0 Å². The molecular weight excluding hydrogens is 293 g/mol. The van der Waals surface area contributed by atoms with Crippen LogP contribution in [0.5, 0.6) is 0 Å². The average Bonchev–Trinajstić information content (AvgIpc) is 2.19. The standard InChI is InChI=1S/C15H26FNO5/c1-14(2,3)21-11(19)8-9(18)7-10(12(16)17)13(20)22-15(4,5)6/h10,12H,7-8,17H2,1-6H3. The molecule has 22 heavy (non-hydrogen) atoms. The number of alkyl halides is 1. The van der Waals surface area contributed by atoms with Gasteiger partial charge < -0.3 is 15.2 Å². The van der Waals surface area contributed by atoms with Gasteiger partial charge in [0.25, 0.3) is 0 Å². The summed E-state index contributed by atoms with van der Waals surface area (Å²) < 4.78 is 23.4. The van der Waals surface area contributed by atoms with Gasteiger partial charge in [-0.25, -0.2) is 4.39 Å². The predicted octanol–water partition coefficient (Wildman–Crippen LogP) is 1.89. The van der Waals surface area contributed by atoms with Gasteiger partial charge in [0, 0.05) is 6.42 Å². The van der Waals surface area contributed by atoms with Crippen molar-refractivity contribution in [2.24, 2.45) is 11.7 Å². The number of hydrogen-bond donors (Lipinski definition) is 1. The van der Waals surface area contributed by atoms with Crippen molar-refractivity contribution in [3.8, 4) is 0 Å². The van der Waals surface area contributed by atoms with Gasteiger partial charge in [-0.05, 0) is 41.5 Å². The number of ether oxygens (including phenoxy) is 2. The summed E-state index contributed by atoms with van der Waals surface area (Å²) in [5.74, 6) is -3.69. The van der Waals surface area contributed by atoms with Crippen molar-refractivity contribution in [1.82, 2.24) is 0 Å². The molecule has 0 radical (unpaired) electrons. The van der Waals surface area contributed by atoms with Crippen molar-refractivity contribution in [3.05, 3.63) is 0 Å². The maximum atomic E-state index is 13.4. The number of hydrogen-bond acceptors (Lipinski definition) is 6. The Bertz CT molecular complexity index is 421. The molecule has 2 atom stereocenters. The first-order chi connectivity index (χ1) is 9.71. The van der Waals surface area contributed by atoms with Crippen LogP contribution in [0.4, 0.5) is 4.39 Å². The monoisotopic (exact) mass is 319 g/mol. The molecule has 0 rings (SSSR count). The van der Waals surface area contributed by atoms with Crippen molar-refractivity contribution < 1.29 is 28.2 Å². The molecule has 2 N–H and O–H groups in total. The summed E-state index contributed by atoms with van der Waals surface area (Å²) in [4.78, 5) is 35.2. The van der Waals surface area contributed by atoms with E-state index in [1.54, 1.807) is 41.5 Å². The number of halogens is 1. The summed E-state index contributed by atoms with van der Waals surface area (Å²) in [6.07, 6.45) is -3.09. The van der Waals surface area contributed by atoms with Gasteiger partial charge in [-0.2, -0.15) is 0 Å². The minimum absolute atomic E-state index is 0.508. The summed E-state index contributed by atoms with van der Waals surface area (Å²) in [5.41, 5.74) is 3.56. The van der Waals surface area contributed by atoms with Gasteiger partial charge >= 0.3 is 11.9 Å². The van der Waals surface area contributed by atoms with Crippen molar-refractivity contribution in [1.29, 1.82) is 0 Å². The first-order valence-electron chi connectivity index (χ1n) is 7.07. The molecule has 0 aliphatic heterocycles. The quantitative estimate of drug-likeness (QED) is 0.456. The molecule has 0 saturated heterocycles. The van der Waals surface area contributed by atoms with Crippen LogP contribution in [0.3, 0.4) is 0 Å². The number of carbonyl (C=O) groups excluding carboxylic acids is 3. The molecule has 7 heteroatoms. The fourth-order valence-corrected chi connectivity index (χ4v) is 1.56. The van der Waals surface area contributed by atoms with Gasteiger partial charge in [0.1, 0.15) is 29.3 Å². The lowest BCUT2D eigenvalue weighted by Gasteiger charge is -2.24. The molecule has 0 saturated carbocycles. The van der Waals surface area contributed by atoms with E-state index in [1.807, 2.05) is 0 Å². The van der Waals surface area contributed by atoms with Crippen LogP contribution in [0, 0.1) is 5.92 Å². The van der Waals surface area contributed by atoms with Crippen LogP contribution < -0.4 is 5.73 Å². The fourth-order valence-electron chi connectivity index (χ4n) is 1.56. The van der Waals surface area contributed by atoms with Crippen LogP contribution in [-0.4, -0.2) is 35.2 Å². The molecule has 0 aromatic carbocycles. The Kier molecular flexibility index (Phi) is 7.15. The lowest BCUT2D eigenvalue weighted by Crippen LogP contribution is -2.38. The second-order valence-electron chi connectivity index (χ2n) is 7.09. The molecule has 2 unspecified atom stereocenters. The second kappa shape index (κ2) is 7.67. The SMILES string of the molecule is CC(C)(C)OC(=O)CC(=O)CC(C(=O)OC(C)(C)C)C(N)F. The molecule has 0 aromatic rings. The molecule has 0 aromatic heterocycles. The summed E-state index contributed by atoms with van der Waals surface area (Å²) in [7, 11) is 0. The summed E-state index contributed by atoms with van der Waals surface area (Å²) in [5, 5.41) is 0. The number of ketones is 1. The molecule has 0 spiro atoms. The van der Waals surface area contributed by atoms with Gasteiger partial charge in [0.05, 0.1) is 0 Å². The molecule has 0 heterocycles. The first-order valence-corrected chi connectivity index (χ1v) is 7.07. The number of esters is 2. The smallest absolute Gasteiger partial charge is 0.314 e. The number of rotatable bonds is 6. The third-order valence-electron chi connectivity index (χ3n) is 2.30. The molecule has 128 valence electrons. The van der Waals surface area contributed by atoms with Gasteiger partial charge in [-0.15, -0.1) is 0 Å². The van der Waals surface area contributed by atoms with Crippen molar-refractivity contribution in [2.45, 2.75) is 71.9 Å². The Morgan fingerprint density at radius 3 is 1.82 bits per heavy atom. The van der Waals surface area contributed by atoms with Gasteiger partial charge in [0.2, 0.25) is 0 Å². The van der Waals surface area contributed by atoms with Crippen LogP contribution in [-0.2, 0) is 23.9 Å². The predicted molar refractivity (Wildman–Crippen MR) is 78.5 cm³/mol. The third-order valence-corrected chi connectivity index (χ3v) is 2.30. The Morgan fingerprint density at radius 2 is 1.45 bits per heavy atom. The van der Waals surface area contributed by atoms with Crippen LogP contribution >= 0.6 is 0 Å². The van der Waals surface area contributed by atoms with E-state index in [-0.39, 0.29) is 0 Å². The Morgan fingerprint density at radius 1 is 1.00 bits per heavy atom. The zero-order valence-electron chi connectivity index (χ0n) is 14.1. The Balaban J connectivity index is 4.67. The highest BCUT2D eigenvalue weighted by atomic mass is 19.1. The maximum absolute atomic E-state index is 13.4. The zero-order chi connectivity index (χ0) is 17.7. The number of Topliss-reactive ketones (excluding diaryl/α,β-unsaturated/α-hetero) is 1. The number of carbonyl (C=O) groups is 3. The highest BCUT2D eigenvalue weighted by Crippen LogP contribution is 2.18. The highest BCUT2D eigenvalue weighted by molar-refractivity contribution is 5.97. The Hall–Kier alpha value is -1.50. The lowest BCUT2D eigenvalue weighted by molar-refractivity contribution is -0.165. The average molecular weight is 319 g/mol. The van der Waals surface area contributed by atoms with Gasteiger partial charge in [-0.3, -0.25) is 14.4 Å². The van der Waals surface area contributed by atoms with Gasteiger partial charge in [0.15, 0.2) is 6.30 Å². The van der Waals surface area contributed by atoms with E-state index in [1.165, 1.54) is 0 Å². The van der Waals surface area contributed by atoms with Crippen molar-refractivity contribution in [3.63, 3.8) is 0 Å². The van der Waals surface area contributed by atoms with E-state index in [2.05, 4.69) is 0 Å². The largest absolute Gasteiger partial charge is 0.460 e. The summed E-state index contributed by atoms with van der Waals surface area (Å²) in [6, 6.07) is 0. The van der Waals surface area contributed by atoms with Crippen LogP contribution in [0.25, 0.3) is 0 Å². The maximum Gasteiger partial charge on any atom is 0.314 e. The molecule has 6 nitrogen and oxygen atoms in total. The molecular formula is C15H26FNO5. The van der Waals surface area contributed by atoms with E-state index >= 15 is 0 Å². The van der Waals surface area contributed by atoms with Crippen molar-refractivity contribution in [2.75, 3.05) is 0 Å². The zero-order valence-corrected chi connectivity index (χ0v) is 14.1. The van der Waals surface area contributed by atoms with Crippen molar-refractivity contribution >= 4 is 17.7 Å². The minimum Gasteiger partial charge on any atom is -0.460 e. The molecule has 0 fully saturated rings. The van der Waals surface area contributed by atoms with Crippen LogP contribution in [0.2, 0.25) is 0 Å². The lowest BCUT2D eigenvalue weighted by atomic mass is 9.99.